The molecule has 1 heteroatoms. The molecule has 1 nitrogen and oxygen atoms in total. The monoisotopic (exact) mass is 231 g/mol. The highest BCUT2D eigenvalue weighted by Crippen LogP contribution is 2.23. The number of nitrogens with one attached hydrogen (secondary N) is 1. The summed E-state index contributed by atoms with van der Waals surface area (Å²) in [6.07, 6.45) is 6.71. The lowest BCUT2D eigenvalue weighted by molar-refractivity contribution is 0.309. The van der Waals surface area contributed by atoms with Gasteiger partial charge >= 0.3 is 0 Å². The maximum Gasteiger partial charge on any atom is 0.00673 e. The molecule has 1 fully saturated rings. The molecule has 17 heavy (non-hydrogen) atoms. The number of aryl methyl sites for hydroxylation is 1. The van der Waals surface area contributed by atoms with Gasteiger partial charge in [-0.15, -0.1) is 0 Å². The molecule has 0 radical (unpaired) electrons. The number of hydrogen-bond donors (Lipinski definition) is 1. The molecule has 0 bridgehead atoms. The Balaban J connectivity index is 1.71. The van der Waals surface area contributed by atoms with Crippen molar-refractivity contribution in [3.05, 3.63) is 35.4 Å². The molecule has 2 rings (SSSR count). The van der Waals surface area contributed by atoms with Gasteiger partial charge in [-0.05, 0) is 62.6 Å². The number of benzene rings is 1. The average molecular weight is 231 g/mol. The summed E-state index contributed by atoms with van der Waals surface area (Å²) in [5.41, 5.74) is 2.91. The van der Waals surface area contributed by atoms with Crippen LogP contribution in [0.25, 0.3) is 0 Å². The summed E-state index contributed by atoms with van der Waals surface area (Å²) in [5.74, 6) is 0.949. The molecule has 0 atom stereocenters. The van der Waals surface area contributed by atoms with Crippen molar-refractivity contribution in [2.24, 2.45) is 5.92 Å². The third-order valence-electron chi connectivity index (χ3n) is 4.10. The summed E-state index contributed by atoms with van der Waals surface area (Å²) in [6, 6.07) is 9.49. The van der Waals surface area contributed by atoms with Gasteiger partial charge in [0, 0.05) is 6.04 Å². The second-order valence-corrected chi connectivity index (χ2v) is 5.59. The summed E-state index contributed by atoms with van der Waals surface area (Å²) in [6.45, 7) is 5.71. The Hall–Kier alpha value is -0.820. The zero-order valence-corrected chi connectivity index (χ0v) is 11.2. The molecule has 1 N–H and O–H groups in total. The van der Waals surface area contributed by atoms with E-state index >= 15 is 0 Å². The predicted molar refractivity (Wildman–Crippen MR) is 74.3 cm³/mol. The molecule has 1 aliphatic carbocycles. The lowest BCUT2D eigenvalue weighted by Crippen LogP contribution is -2.34. The lowest BCUT2D eigenvalue weighted by Gasteiger charge is -2.27. The van der Waals surface area contributed by atoms with Gasteiger partial charge in [-0.3, -0.25) is 0 Å². The van der Waals surface area contributed by atoms with Gasteiger partial charge in [-0.1, -0.05) is 31.2 Å². The molecule has 1 aliphatic rings. The summed E-state index contributed by atoms with van der Waals surface area (Å²) < 4.78 is 0. The molecule has 0 aromatic heterocycles. The van der Waals surface area contributed by atoms with Gasteiger partial charge in [0.25, 0.3) is 0 Å². The Labute approximate surface area is 106 Å². The summed E-state index contributed by atoms with van der Waals surface area (Å²) in [7, 11) is 0. The van der Waals surface area contributed by atoms with Gasteiger partial charge in [-0.25, -0.2) is 0 Å². The van der Waals surface area contributed by atoms with Gasteiger partial charge in [0.1, 0.15) is 0 Å². The zero-order valence-electron chi connectivity index (χ0n) is 11.2. The van der Waals surface area contributed by atoms with Crippen LogP contribution in [0.4, 0.5) is 0 Å². The van der Waals surface area contributed by atoms with Crippen LogP contribution in [0.2, 0.25) is 0 Å². The predicted octanol–water partition coefficient (Wildman–Crippen LogP) is 3.71. The third kappa shape index (κ3) is 3.85. The van der Waals surface area contributed by atoms with Crippen molar-refractivity contribution in [1.82, 2.24) is 5.32 Å². The highest BCUT2D eigenvalue weighted by atomic mass is 14.9. The first-order valence-corrected chi connectivity index (χ1v) is 7.03. The van der Waals surface area contributed by atoms with Crippen molar-refractivity contribution >= 4 is 0 Å². The Kier molecular flexibility index (Phi) is 4.61. The van der Waals surface area contributed by atoms with E-state index in [1.807, 2.05) is 0 Å². The van der Waals surface area contributed by atoms with Crippen LogP contribution in [0.3, 0.4) is 0 Å². The van der Waals surface area contributed by atoms with Crippen LogP contribution in [0.5, 0.6) is 0 Å². The fraction of sp³-hybridized carbons (Fsp3) is 0.625. The van der Waals surface area contributed by atoms with Crippen LogP contribution in [0.15, 0.2) is 24.3 Å². The molecular weight excluding hydrogens is 206 g/mol. The first-order chi connectivity index (χ1) is 8.25. The Bertz CT molecular complexity index is 337. The van der Waals surface area contributed by atoms with Gasteiger partial charge < -0.3 is 5.32 Å². The molecule has 94 valence electrons. The van der Waals surface area contributed by atoms with E-state index in [-0.39, 0.29) is 0 Å². The second-order valence-electron chi connectivity index (χ2n) is 5.59. The highest BCUT2D eigenvalue weighted by Gasteiger charge is 2.17. The number of rotatable bonds is 4. The van der Waals surface area contributed by atoms with E-state index in [1.54, 1.807) is 0 Å². The fourth-order valence-corrected chi connectivity index (χ4v) is 2.77. The smallest absolute Gasteiger partial charge is 0.00673 e. The molecule has 1 saturated carbocycles. The van der Waals surface area contributed by atoms with Crippen molar-refractivity contribution < 1.29 is 0 Å². The highest BCUT2D eigenvalue weighted by molar-refractivity contribution is 5.25. The number of hydrogen-bond acceptors (Lipinski definition) is 1. The molecule has 1 aromatic carbocycles. The Morgan fingerprint density at radius 1 is 1.12 bits per heavy atom. The third-order valence-corrected chi connectivity index (χ3v) is 4.10. The quantitative estimate of drug-likeness (QED) is 0.833. The lowest BCUT2D eigenvalue weighted by atomic mass is 9.87. The van der Waals surface area contributed by atoms with E-state index in [0.29, 0.717) is 0 Å². The molecule has 0 unspecified atom stereocenters. The average Bonchev–Trinajstić information content (AvgIpc) is 2.34. The van der Waals surface area contributed by atoms with Crippen LogP contribution < -0.4 is 5.32 Å². The topological polar surface area (TPSA) is 12.0 Å². The normalized spacial score (nSPS) is 24.8. The summed E-state index contributed by atoms with van der Waals surface area (Å²) in [5, 5.41) is 3.72. The van der Waals surface area contributed by atoms with Crippen LogP contribution >= 0.6 is 0 Å². The zero-order chi connectivity index (χ0) is 12.1. The van der Waals surface area contributed by atoms with Gasteiger partial charge in [0.05, 0.1) is 0 Å². The Morgan fingerprint density at radius 2 is 1.82 bits per heavy atom. The molecule has 0 spiro atoms. The van der Waals surface area contributed by atoms with Gasteiger partial charge in [-0.2, -0.15) is 0 Å². The van der Waals surface area contributed by atoms with Gasteiger partial charge in [0.15, 0.2) is 0 Å². The van der Waals surface area contributed by atoms with Crippen molar-refractivity contribution in [2.75, 3.05) is 6.54 Å². The second kappa shape index (κ2) is 6.20. The van der Waals surface area contributed by atoms with E-state index in [1.165, 1.54) is 43.2 Å². The molecule has 1 aromatic rings. The first-order valence-electron chi connectivity index (χ1n) is 7.03. The van der Waals surface area contributed by atoms with E-state index in [2.05, 4.69) is 43.4 Å². The Morgan fingerprint density at radius 3 is 2.53 bits per heavy atom. The van der Waals surface area contributed by atoms with Crippen molar-refractivity contribution in [2.45, 2.75) is 52.0 Å². The van der Waals surface area contributed by atoms with Crippen LogP contribution in [-0.4, -0.2) is 12.6 Å². The molecule has 0 aliphatic heterocycles. The van der Waals surface area contributed by atoms with Crippen molar-refractivity contribution in [3.8, 4) is 0 Å². The van der Waals surface area contributed by atoms with Gasteiger partial charge in [0.2, 0.25) is 0 Å². The van der Waals surface area contributed by atoms with Crippen LogP contribution in [-0.2, 0) is 6.42 Å². The molecule has 0 amide bonds. The van der Waals surface area contributed by atoms with E-state index < -0.39 is 0 Å². The standard InChI is InChI=1S/C16H25N/c1-13-7-9-16(10-8-13)17-12-11-15-6-4-3-5-14(15)2/h3-6,13,16-17H,7-12H2,1-2H3. The van der Waals surface area contributed by atoms with E-state index in [0.717, 1.165) is 18.5 Å². The van der Waals surface area contributed by atoms with Crippen molar-refractivity contribution in [1.29, 1.82) is 0 Å². The minimum Gasteiger partial charge on any atom is -0.314 e. The van der Waals surface area contributed by atoms with Crippen molar-refractivity contribution in [3.63, 3.8) is 0 Å². The summed E-state index contributed by atoms with van der Waals surface area (Å²) in [4.78, 5) is 0. The fourth-order valence-electron chi connectivity index (χ4n) is 2.77. The minimum atomic E-state index is 0.773. The first kappa shape index (κ1) is 12.6. The largest absolute Gasteiger partial charge is 0.314 e. The molecule has 0 heterocycles. The van der Waals surface area contributed by atoms with Crippen LogP contribution in [0.1, 0.15) is 43.7 Å². The van der Waals surface area contributed by atoms with E-state index in [9.17, 15) is 0 Å². The molecule has 0 saturated heterocycles. The minimum absolute atomic E-state index is 0.773. The maximum absolute atomic E-state index is 3.72. The SMILES string of the molecule is Cc1ccccc1CCNC1CCC(C)CC1. The maximum atomic E-state index is 3.72. The van der Waals surface area contributed by atoms with Crippen LogP contribution in [0, 0.1) is 12.8 Å². The molecular formula is C16H25N. The van der Waals surface area contributed by atoms with E-state index in [4.69, 9.17) is 0 Å². The summed E-state index contributed by atoms with van der Waals surface area (Å²) >= 11 is 0.